The number of pyridine rings is 2. The van der Waals surface area contributed by atoms with E-state index in [0.29, 0.717) is 6.10 Å². The lowest BCUT2D eigenvalue weighted by Gasteiger charge is -2.33. The molecule has 0 radical (unpaired) electrons. The van der Waals surface area contributed by atoms with Crippen LogP contribution in [0.3, 0.4) is 0 Å². The molecule has 18 heavy (non-hydrogen) atoms. The summed E-state index contributed by atoms with van der Waals surface area (Å²) in [6.45, 7) is 1.96. The predicted octanol–water partition coefficient (Wildman–Crippen LogP) is 2.25. The first-order chi connectivity index (χ1) is 8.88. The fourth-order valence-corrected chi connectivity index (χ4v) is 2.57. The van der Waals surface area contributed by atoms with Gasteiger partial charge in [0.15, 0.2) is 0 Å². The van der Waals surface area contributed by atoms with Gasteiger partial charge in [-0.15, -0.1) is 0 Å². The fourth-order valence-electron chi connectivity index (χ4n) is 2.57. The van der Waals surface area contributed by atoms with Gasteiger partial charge in [-0.25, -0.2) is 4.98 Å². The van der Waals surface area contributed by atoms with E-state index in [0.717, 1.165) is 37.1 Å². The first-order valence-electron chi connectivity index (χ1n) is 6.35. The number of methoxy groups -OCH3 is 1. The maximum Gasteiger partial charge on any atom is 0.138 e. The summed E-state index contributed by atoms with van der Waals surface area (Å²) >= 11 is 0. The highest BCUT2D eigenvalue weighted by molar-refractivity contribution is 5.91. The van der Waals surface area contributed by atoms with Crippen LogP contribution in [0.4, 0.5) is 5.82 Å². The van der Waals surface area contributed by atoms with Crippen molar-refractivity contribution in [2.75, 3.05) is 25.1 Å². The number of fused-ring (bicyclic) bond motifs is 1. The minimum absolute atomic E-state index is 0.312. The third kappa shape index (κ3) is 2.04. The lowest BCUT2D eigenvalue weighted by atomic mass is 10.1. The van der Waals surface area contributed by atoms with Crippen molar-refractivity contribution in [3.05, 3.63) is 30.7 Å². The summed E-state index contributed by atoms with van der Waals surface area (Å²) in [4.78, 5) is 11.0. The van der Waals surface area contributed by atoms with Crippen LogP contribution in [0.25, 0.3) is 10.8 Å². The van der Waals surface area contributed by atoms with Crippen LogP contribution in [0.2, 0.25) is 0 Å². The summed E-state index contributed by atoms with van der Waals surface area (Å²) < 4.78 is 5.47. The Hall–Kier alpha value is -1.68. The average molecular weight is 243 g/mol. The van der Waals surface area contributed by atoms with Crippen molar-refractivity contribution in [2.24, 2.45) is 0 Å². The molecule has 1 aliphatic heterocycles. The van der Waals surface area contributed by atoms with E-state index in [9.17, 15) is 0 Å². The minimum Gasteiger partial charge on any atom is -0.380 e. The summed E-state index contributed by atoms with van der Waals surface area (Å²) in [5.74, 6) is 1.03. The van der Waals surface area contributed by atoms with Gasteiger partial charge in [-0.1, -0.05) is 0 Å². The Morgan fingerprint density at radius 2 is 2.22 bits per heavy atom. The Morgan fingerprint density at radius 3 is 3.11 bits per heavy atom. The first-order valence-corrected chi connectivity index (χ1v) is 6.35. The highest BCUT2D eigenvalue weighted by Crippen LogP contribution is 2.26. The van der Waals surface area contributed by atoms with Crippen molar-refractivity contribution in [1.29, 1.82) is 0 Å². The topological polar surface area (TPSA) is 38.2 Å². The molecule has 0 spiro atoms. The normalized spacial score (nSPS) is 20.3. The van der Waals surface area contributed by atoms with E-state index in [1.165, 1.54) is 5.39 Å². The van der Waals surface area contributed by atoms with Crippen LogP contribution in [0.15, 0.2) is 30.7 Å². The van der Waals surface area contributed by atoms with E-state index in [2.05, 4.69) is 14.9 Å². The molecule has 1 saturated heterocycles. The largest absolute Gasteiger partial charge is 0.380 e. The molecule has 0 aromatic carbocycles. The van der Waals surface area contributed by atoms with Gasteiger partial charge in [0.2, 0.25) is 0 Å². The van der Waals surface area contributed by atoms with Gasteiger partial charge in [0.1, 0.15) is 5.82 Å². The standard InChI is InChI=1S/C14H17N3O/c1-18-12-3-2-8-17(10-12)14-13-9-15-6-4-11(13)5-7-16-14/h4-7,9,12H,2-3,8,10H2,1H3. The summed E-state index contributed by atoms with van der Waals surface area (Å²) in [5, 5.41) is 2.31. The number of rotatable bonds is 2. The number of nitrogens with zero attached hydrogens (tertiary/aromatic N) is 3. The average Bonchev–Trinajstić information content (AvgIpc) is 2.47. The van der Waals surface area contributed by atoms with Gasteiger partial charge in [0.25, 0.3) is 0 Å². The molecule has 2 aromatic heterocycles. The second-order valence-corrected chi connectivity index (χ2v) is 4.68. The number of hydrogen-bond acceptors (Lipinski definition) is 4. The molecule has 1 unspecified atom stereocenters. The van der Waals surface area contributed by atoms with E-state index < -0.39 is 0 Å². The third-order valence-corrected chi connectivity index (χ3v) is 3.56. The van der Waals surface area contributed by atoms with Crippen LogP contribution in [-0.4, -0.2) is 36.3 Å². The Morgan fingerprint density at radius 1 is 1.33 bits per heavy atom. The summed E-state index contributed by atoms with van der Waals surface area (Å²) in [6.07, 6.45) is 8.18. The zero-order valence-electron chi connectivity index (χ0n) is 10.5. The van der Waals surface area contributed by atoms with Crippen LogP contribution in [0, 0.1) is 0 Å². The number of ether oxygens (including phenoxy) is 1. The van der Waals surface area contributed by atoms with Crippen LogP contribution < -0.4 is 4.90 Å². The van der Waals surface area contributed by atoms with Crippen molar-refractivity contribution in [2.45, 2.75) is 18.9 Å². The Balaban J connectivity index is 1.98. The monoisotopic (exact) mass is 243 g/mol. The molecule has 0 N–H and O–H groups in total. The highest BCUT2D eigenvalue weighted by Gasteiger charge is 2.21. The lowest BCUT2D eigenvalue weighted by molar-refractivity contribution is 0.0892. The molecule has 0 aliphatic carbocycles. The van der Waals surface area contributed by atoms with Crippen LogP contribution in [0.5, 0.6) is 0 Å². The highest BCUT2D eigenvalue weighted by atomic mass is 16.5. The number of aromatic nitrogens is 2. The number of anilines is 1. The van der Waals surface area contributed by atoms with E-state index in [1.54, 1.807) is 7.11 Å². The summed E-state index contributed by atoms with van der Waals surface area (Å²) in [5.41, 5.74) is 0. The van der Waals surface area contributed by atoms with Crippen LogP contribution in [0.1, 0.15) is 12.8 Å². The van der Waals surface area contributed by atoms with Gasteiger partial charge >= 0.3 is 0 Å². The quantitative estimate of drug-likeness (QED) is 0.811. The fraction of sp³-hybridized carbons (Fsp3) is 0.429. The molecule has 2 aromatic rings. The molecule has 1 fully saturated rings. The Labute approximate surface area is 107 Å². The first kappa shape index (κ1) is 11.4. The van der Waals surface area contributed by atoms with E-state index >= 15 is 0 Å². The molecule has 0 saturated carbocycles. The van der Waals surface area contributed by atoms with Gasteiger partial charge in [0.05, 0.1) is 6.10 Å². The van der Waals surface area contributed by atoms with Crippen molar-refractivity contribution >= 4 is 16.6 Å². The van der Waals surface area contributed by atoms with Gasteiger partial charge in [-0.05, 0) is 30.4 Å². The molecule has 0 bridgehead atoms. The predicted molar refractivity (Wildman–Crippen MR) is 71.8 cm³/mol. The van der Waals surface area contributed by atoms with E-state index in [4.69, 9.17) is 4.74 Å². The second kappa shape index (κ2) is 4.90. The Bertz CT molecular complexity index is 538. The Kier molecular flexibility index (Phi) is 3.11. The molecule has 4 nitrogen and oxygen atoms in total. The molecule has 1 aliphatic rings. The molecular formula is C14H17N3O. The van der Waals surface area contributed by atoms with Crippen LogP contribution in [-0.2, 0) is 4.74 Å². The van der Waals surface area contributed by atoms with Gasteiger partial charge in [-0.2, -0.15) is 0 Å². The summed E-state index contributed by atoms with van der Waals surface area (Å²) in [6, 6.07) is 4.05. The van der Waals surface area contributed by atoms with Crippen LogP contribution >= 0.6 is 0 Å². The van der Waals surface area contributed by atoms with Crippen molar-refractivity contribution in [1.82, 2.24) is 9.97 Å². The molecule has 3 heterocycles. The maximum absolute atomic E-state index is 5.47. The van der Waals surface area contributed by atoms with Crippen molar-refractivity contribution < 1.29 is 4.74 Å². The minimum atomic E-state index is 0.312. The zero-order chi connectivity index (χ0) is 12.4. The second-order valence-electron chi connectivity index (χ2n) is 4.68. The smallest absolute Gasteiger partial charge is 0.138 e. The third-order valence-electron chi connectivity index (χ3n) is 3.56. The molecule has 0 amide bonds. The molecule has 94 valence electrons. The van der Waals surface area contributed by atoms with Gasteiger partial charge in [-0.3, -0.25) is 4.98 Å². The van der Waals surface area contributed by atoms with E-state index in [1.807, 2.05) is 30.7 Å². The molecule has 3 rings (SSSR count). The van der Waals surface area contributed by atoms with E-state index in [-0.39, 0.29) is 0 Å². The number of hydrogen-bond donors (Lipinski definition) is 0. The number of piperidine rings is 1. The van der Waals surface area contributed by atoms with Gasteiger partial charge in [0, 0.05) is 44.2 Å². The maximum atomic E-state index is 5.47. The van der Waals surface area contributed by atoms with Crippen molar-refractivity contribution in [3.63, 3.8) is 0 Å². The SMILES string of the molecule is COC1CCCN(c2nccc3ccncc23)C1. The van der Waals surface area contributed by atoms with Gasteiger partial charge < -0.3 is 9.64 Å². The zero-order valence-corrected chi connectivity index (χ0v) is 10.5. The van der Waals surface area contributed by atoms with Crippen molar-refractivity contribution in [3.8, 4) is 0 Å². The molecular weight excluding hydrogens is 226 g/mol. The molecule has 1 atom stereocenters. The lowest BCUT2D eigenvalue weighted by Crippen LogP contribution is -2.39. The molecule has 4 heteroatoms. The summed E-state index contributed by atoms with van der Waals surface area (Å²) in [7, 11) is 1.78.